The van der Waals surface area contributed by atoms with Gasteiger partial charge in [-0.15, -0.1) is 0 Å². The van der Waals surface area contributed by atoms with E-state index in [2.05, 4.69) is 23.8 Å². The molecule has 1 aromatic heterocycles. The Balaban J connectivity index is 2.03. The van der Waals surface area contributed by atoms with Crippen LogP contribution in [0.15, 0.2) is 36.7 Å². The zero-order valence-electron chi connectivity index (χ0n) is 14.8. The molecule has 1 aromatic carbocycles. The molecule has 2 rings (SSSR count). The van der Waals surface area contributed by atoms with Gasteiger partial charge in [-0.05, 0) is 49.1 Å². The van der Waals surface area contributed by atoms with Crippen LogP contribution in [0, 0.1) is 5.92 Å². The first kappa shape index (κ1) is 18.1. The molecule has 4 nitrogen and oxygen atoms in total. The van der Waals surface area contributed by atoms with Crippen molar-refractivity contribution in [3.8, 4) is 17.1 Å². The molecular formula is C20H26N2O2. The maximum Gasteiger partial charge on any atom is 0.314 e. The minimum Gasteiger partial charge on any atom is -0.426 e. The second kappa shape index (κ2) is 9.16. The maximum absolute atomic E-state index is 12.1. The minimum atomic E-state index is -0.146. The van der Waals surface area contributed by atoms with Crippen molar-refractivity contribution in [2.75, 3.05) is 0 Å². The Hall–Kier alpha value is -2.23. The summed E-state index contributed by atoms with van der Waals surface area (Å²) >= 11 is 0. The Kier molecular flexibility index (Phi) is 6.91. The molecule has 0 N–H and O–H groups in total. The van der Waals surface area contributed by atoms with Crippen molar-refractivity contribution in [3.05, 3.63) is 42.2 Å². The zero-order chi connectivity index (χ0) is 17.4. The summed E-state index contributed by atoms with van der Waals surface area (Å²) in [5, 5.41) is 0. The van der Waals surface area contributed by atoms with Crippen molar-refractivity contribution in [2.45, 2.75) is 52.9 Å². The first-order valence-electron chi connectivity index (χ1n) is 8.80. The molecule has 1 heterocycles. The number of esters is 1. The molecule has 24 heavy (non-hydrogen) atoms. The number of hydrogen-bond acceptors (Lipinski definition) is 4. The number of aromatic nitrogens is 2. The lowest BCUT2D eigenvalue weighted by atomic mass is 10.0. The fourth-order valence-electron chi connectivity index (χ4n) is 2.63. The van der Waals surface area contributed by atoms with Gasteiger partial charge in [-0.1, -0.05) is 33.6 Å². The van der Waals surface area contributed by atoms with E-state index in [4.69, 9.17) is 4.74 Å². The summed E-state index contributed by atoms with van der Waals surface area (Å²) in [6, 6.07) is 7.38. The quantitative estimate of drug-likeness (QED) is 0.515. The van der Waals surface area contributed by atoms with Crippen molar-refractivity contribution < 1.29 is 9.53 Å². The third-order valence-corrected chi connectivity index (χ3v) is 4.04. The fourth-order valence-corrected chi connectivity index (χ4v) is 2.63. The molecule has 0 spiro atoms. The third-order valence-electron chi connectivity index (χ3n) is 4.04. The first-order valence-corrected chi connectivity index (χ1v) is 8.80. The SMILES string of the molecule is CCCc1cnc(-c2ccc(OC(=O)C(CC)CCC)cc2)nc1. The summed E-state index contributed by atoms with van der Waals surface area (Å²) in [5.41, 5.74) is 2.06. The maximum atomic E-state index is 12.1. The van der Waals surface area contributed by atoms with Crippen LogP contribution in [-0.2, 0) is 11.2 Å². The molecule has 0 saturated heterocycles. The van der Waals surface area contributed by atoms with Gasteiger partial charge in [0.15, 0.2) is 5.82 Å². The van der Waals surface area contributed by atoms with Crippen LogP contribution in [0.5, 0.6) is 5.75 Å². The molecule has 0 radical (unpaired) electrons. The van der Waals surface area contributed by atoms with Gasteiger partial charge in [0.1, 0.15) is 5.75 Å². The number of nitrogens with zero attached hydrogens (tertiary/aromatic N) is 2. The molecule has 0 amide bonds. The Bertz CT molecular complexity index is 636. The highest BCUT2D eigenvalue weighted by atomic mass is 16.5. The number of rotatable bonds is 8. The van der Waals surface area contributed by atoms with E-state index in [1.165, 1.54) is 0 Å². The van der Waals surface area contributed by atoms with Gasteiger partial charge in [0.05, 0.1) is 5.92 Å². The van der Waals surface area contributed by atoms with Crippen LogP contribution in [-0.4, -0.2) is 15.9 Å². The van der Waals surface area contributed by atoms with Gasteiger partial charge in [0, 0.05) is 18.0 Å². The molecule has 0 aliphatic carbocycles. The van der Waals surface area contributed by atoms with Crippen molar-refractivity contribution in [1.29, 1.82) is 0 Å². The molecule has 0 bridgehead atoms. The van der Waals surface area contributed by atoms with Crippen LogP contribution in [0.4, 0.5) is 0 Å². The number of ether oxygens (including phenoxy) is 1. The second-order valence-corrected chi connectivity index (χ2v) is 6.00. The highest BCUT2D eigenvalue weighted by Crippen LogP contribution is 2.21. The van der Waals surface area contributed by atoms with E-state index < -0.39 is 0 Å². The lowest BCUT2D eigenvalue weighted by molar-refractivity contribution is -0.139. The largest absolute Gasteiger partial charge is 0.426 e. The third kappa shape index (κ3) is 4.88. The Morgan fingerprint density at radius 2 is 1.71 bits per heavy atom. The van der Waals surface area contributed by atoms with Gasteiger partial charge in [-0.25, -0.2) is 9.97 Å². The standard InChI is InChI=1S/C20H26N2O2/c1-4-7-15-13-21-19(22-14-15)17-9-11-18(12-10-17)24-20(23)16(6-3)8-5-2/h9-14,16H,4-8H2,1-3H3. The van der Waals surface area contributed by atoms with E-state index >= 15 is 0 Å². The number of carbonyl (C=O) groups is 1. The van der Waals surface area contributed by atoms with Gasteiger partial charge >= 0.3 is 5.97 Å². The average molecular weight is 326 g/mol. The summed E-state index contributed by atoms with van der Waals surface area (Å²) in [6.07, 6.45) is 8.48. The predicted molar refractivity (Wildman–Crippen MR) is 95.8 cm³/mol. The average Bonchev–Trinajstić information content (AvgIpc) is 2.61. The first-order chi connectivity index (χ1) is 11.7. The van der Waals surface area contributed by atoms with Crippen LogP contribution in [0.3, 0.4) is 0 Å². The van der Waals surface area contributed by atoms with E-state index in [-0.39, 0.29) is 11.9 Å². The fraction of sp³-hybridized carbons (Fsp3) is 0.450. The van der Waals surface area contributed by atoms with Gasteiger partial charge in [0.25, 0.3) is 0 Å². The smallest absolute Gasteiger partial charge is 0.314 e. The van der Waals surface area contributed by atoms with Crippen LogP contribution < -0.4 is 4.74 Å². The van der Waals surface area contributed by atoms with Crippen molar-refractivity contribution >= 4 is 5.97 Å². The van der Waals surface area contributed by atoms with Crippen LogP contribution >= 0.6 is 0 Å². The number of carbonyl (C=O) groups excluding carboxylic acids is 1. The number of benzene rings is 1. The minimum absolute atomic E-state index is 0.0240. The summed E-state index contributed by atoms with van der Waals surface area (Å²) in [4.78, 5) is 21.0. The van der Waals surface area contributed by atoms with Gasteiger partial charge in [-0.2, -0.15) is 0 Å². The summed E-state index contributed by atoms with van der Waals surface area (Å²) in [5.74, 6) is 1.09. The molecule has 0 aliphatic rings. The number of aryl methyl sites for hydroxylation is 1. The van der Waals surface area contributed by atoms with E-state index in [9.17, 15) is 4.79 Å². The topological polar surface area (TPSA) is 52.1 Å². The molecule has 0 aliphatic heterocycles. The lowest BCUT2D eigenvalue weighted by Gasteiger charge is -2.13. The predicted octanol–water partition coefficient (Wildman–Crippen LogP) is 4.83. The van der Waals surface area contributed by atoms with Crippen molar-refractivity contribution in [3.63, 3.8) is 0 Å². The lowest BCUT2D eigenvalue weighted by Crippen LogP contribution is -2.19. The molecule has 4 heteroatoms. The van der Waals surface area contributed by atoms with Gasteiger partial charge in [-0.3, -0.25) is 4.79 Å². The van der Waals surface area contributed by atoms with Crippen molar-refractivity contribution in [2.24, 2.45) is 5.92 Å². The highest BCUT2D eigenvalue weighted by molar-refractivity contribution is 5.75. The van der Waals surface area contributed by atoms with Gasteiger partial charge < -0.3 is 4.74 Å². The number of hydrogen-bond donors (Lipinski definition) is 0. The van der Waals surface area contributed by atoms with E-state index in [0.717, 1.165) is 43.2 Å². The molecule has 1 unspecified atom stereocenters. The summed E-state index contributed by atoms with van der Waals surface area (Å²) < 4.78 is 5.48. The van der Waals surface area contributed by atoms with Crippen LogP contribution in [0.1, 0.15) is 52.0 Å². The second-order valence-electron chi connectivity index (χ2n) is 6.00. The molecule has 1 atom stereocenters. The molecule has 128 valence electrons. The van der Waals surface area contributed by atoms with E-state index in [1.807, 2.05) is 31.5 Å². The van der Waals surface area contributed by atoms with Crippen LogP contribution in [0.25, 0.3) is 11.4 Å². The van der Waals surface area contributed by atoms with Crippen LogP contribution in [0.2, 0.25) is 0 Å². The summed E-state index contributed by atoms with van der Waals surface area (Å²) in [7, 11) is 0. The zero-order valence-corrected chi connectivity index (χ0v) is 14.8. The summed E-state index contributed by atoms with van der Waals surface area (Å²) in [6.45, 7) is 6.23. The van der Waals surface area contributed by atoms with Crippen molar-refractivity contribution in [1.82, 2.24) is 9.97 Å². The Morgan fingerprint density at radius 3 is 2.25 bits per heavy atom. The molecular weight excluding hydrogens is 300 g/mol. The van der Waals surface area contributed by atoms with E-state index in [0.29, 0.717) is 11.6 Å². The van der Waals surface area contributed by atoms with Gasteiger partial charge in [0.2, 0.25) is 0 Å². The normalized spacial score (nSPS) is 12.0. The van der Waals surface area contributed by atoms with E-state index in [1.54, 1.807) is 12.1 Å². The monoisotopic (exact) mass is 326 g/mol. The Labute approximate surface area is 144 Å². The molecule has 0 fully saturated rings. The Morgan fingerprint density at radius 1 is 1.04 bits per heavy atom. The molecule has 0 saturated carbocycles. The highest BCUT2D eigenvalue weighted by Gasteiger charge is 2.17. The molecule has 2 aromatic rings.